The Morgan fingerprint density at radius 2 is 1.86 bits per heavy atom. The van der Waals surface area contributed by atoms with Crippen molar-refractivity contribution in [2.45, 2.75) is 13.0 Å². The topological polar surface area (TPSA) is 62.7 Å². The van der Waals surface area contributed by atoms with E-state index in [0.29, 0.717) is 24.2 Å². The molecule has 1 unspecified atom stereocenters. The molecular formula is C22H20FN3O3. The molecule has 1 atom stereocenters. The molecule has 1 aliphatic heterocycles. The van der Waals surface area contributed by atoms with Gasteiger partial charge in [0.2, 0.25) is 5.91 Å². The lowest BCUT2D eigenvalue weighted by Crippen LogP contribution is -2.57. The highest BCUT2D eigenvalue weighted by atomic mass is 19.1. The number of ether oxygens (including phenoxy) is 1. The van der Waals surface area contributed by atoms with E-state index in [9.17, 15) is 14.0 Å². The molecule has 3 aromatic rings. The molecule has 0 radical (unpaired) electrons. The van der Waals surface area contributed by atoms with Crippen LogP contribution in [0.4, 0.5) is 10.1 Å². The summed E-state index contributed by atoms with van der Waals surface area (Å²) in [6.07, 6.45) is 0. The predicted octanol–water partition coefficient (Wildman–Crippen LogP) is 3.26. The largest absolute Gasteiger partial charge is 0.497 e. The summed E-state index contributed by atoms with van der Waals surface area (Å²) in [6, 6.07) is 14.4. The van der Waals surface area contributed by atoms with Crippen LogP contribution in [0.25, 0.3) is 10.9 Å². The Balaban J connectivity index is 1.56. The first kappa shape index (κ1) is 18.9. The van der Waals surface area contributed by atoms with Crippen LogP contribution in [0, 0.1) is 5.82 Å². The third kappa shape index (κ3) is 3.40. The van der Waals surface area contributed by atoms with Crippen LogP contribution >= 0.6 is 0 Å². The van der Waals surface area contributed by atoms with Crippen LogP contribution in [0.5, 0.6) is 5.75 Å². The Morgan fingerprint density at radius 1 is 1.10 bits per heavy atom. The normalized spacial score (nSPS) is 16.9. The Labute approximate surface area is 167 Å². The molecule has 1 saturated heterocycles. The van der Waals surface area contributed by atoms with Gasteiger partial charge in [-0.05, 0) is 43.3 Å². The van der Waals surface area contributed by atoms with Crippen LogP contribution in [0.15, 0.2) is 54.6 Å². The maximum absolute atomic E-state index is 14.0. The highest BCUT2D eigenvalue weighted by Crippen LogP contribution is 2.24. The van der Waals surface area contributed by atoms with Gasteiger partial charge in [0.15, 0.2) is 0 Å². The van der Waals surface area contributed by atoms with Crippen molar-refractivity contribution in [3.8, 4) is 5.75 Å². The molecule has 0 bridgehead atoms. The van der Waals surface area contributed by atoms with E-state index in [4.69, 9.17) is 4.74 Å². The summed E-state index contributed by atoms with van der Waals surface area (Å²) in [4.78, 5) is 33.2. The Kier molecular flexibility index (Phi) is 4.88. The second-order valence-corrected chi connectivity index (χ2v) is 6.87. The van der Waals surface area contributed by atoms with Gasteiger partial charge in [-0.3, -0.25) is 9.59 Å². The van der Waals surface area contributed by atoms with Crippen molar-refractivity contribution in [1.82, 2.24) is 9.88 Å². The minimum absolute atomic E-state index is 0.125. The van der Waals surface area contributed by atoms with Gasteiger partial charge in [-0.25, -0.2) is 9.37 Å². The minimum atomic E-state index is -0.656. The number of benzene rings is 2. The molecule has 6 nitrogen and oxygen atoms in total. The van der Waals surface area contributed by atoms with Gasteiger partial charge in [-0.1, -0.05) is 18.2 Å². The summed E-state index contributed by atoms with van der Waals surface area (Å²) >= 11 is 0. The van der Waals surface area contributed by atoms with Crippen LogP contribution in [0.1, 0.15) is 17.4 Å². The molecule has 0 spiro atoms. The molecule has 1 aromatic heterocycles. The molecule has 0 aliphatic carbocycles. The number of pyridine rings is 1. The molecule has 1 aliphatic rings. The van der Waals surface area contributed by atoms with Crippen LogP contribution in [-0.4, -0.2) is 47.9 Å². The zero-order valence-corrected chi connectivity index (χ0v) is 16.1. The summed E-state index contributed by atoms with van der Waals surface area (Å²) in [5, 5.41) is 0.620. The summed E-state index contributed by atoms with van der Waals surface area (Å²) in [5.74, 6) is -0.338. The van der Waals surface area contributed by atoms with Crippen LogP contribution in [0.2, 0.25) is 0 Å². The van der Waals surface area contributed by atoms with Gasteiger partial charge >= 0.3 is 0 Å². The van der Waals surface area contributed by atoms with Gasteiger partial charge in [0.1, 0.15) is 28.8 Å². The Hall–Kier alpha value is -3.48. The molecule has 1 fully saturated rings. The first-order valence-electron chi connectivity index (χ1n) is 9.31. The first-order valence-corrected chi connectivity index (χ1v) is 9.31. The number of amides is 2. The van der Waals surface area contributed by atoms with Crippen LogP contribution in [0.3, 0.4) is 0 Å². The van der Waals surface area contributed by atoms with Gasteiger partial charge in [0.05, 0.1) is 7.11 Å². The van der Waals surface area contributed by atoms with Crippen molar-refractivity contribution in [1.29, 1.82) is 0 Å². The Bertz CT molecular complexity index is 1080. The molecule has 2 aromatic carbocycles. The smallest absolute Gasteiger partial charge is 0.273 e. The van der Waals surface area contributed by atoms with Gasteiger partial charge in [0.25, 0.3) is 5.91 Å². The van der Waals surface area contributed by atoms with Crippen molar-refractivity contribution in [2.75, 3.05) is 25.1 Å². The number of fused-ring (bicyclic) bond motifs is 1. The second-order valence-electron chi connectivity index (χ2n) is 6.87. The lowest BCUT2D eigenvalue weighted by Gasteiger charge is -2.39. The number of methoxy groups -OCH3 is 1. The maximum atomic E-state index is 14.0. The lowest BCUT2D eigenvalue weighted by atomic mass is 10.1. The van der Waals surface area contributed by atoms with Crippen molar-refractivity contribution < 1.29 is 18.7 Å². The SMILES string of the molecule is COc1ccc(N2CCN(C(=O)c3ccc4cccc(F)c4n3)C(C)C2=O)cc1. The molecular weight excluding hydrogens is 373 g/mol. The van der Waals surface area contributed by atoms with Gasteiger partial charge in [0, 0.05) is 24.2 Å². The van der Waals surface area contributed by atoms with Gasteiger partial charge in [-0.2, -0.15) is 0 Å². The number of carbonyl (C=O) groups is 2. The highest BCUT2D eigenvalue weighted by Gasteiger charge is 2.35. The summed E-state index contributed by atoms with van der Waals surface area (Å²) in [5.41, 5.74) is 1.02. The lowest BCUT2D eigenvalue weighted by molar-refractivity contribution is -0.124. The van der Waals surface area contributed by atoms with Crippen molar-refractivity contribution in [3.63, 3.8) is 0 Å². The van der Waals surface area contributed by atoms with E-state index in [1.807, 2.05) is 12.1 Å². The second kappa shape index (κ2) is 7.50. The van der Waals surface area contributed by atoms with E-state index in [2.05, 4.69) is 4.98 Å². The zero-order valence-electron chi connectivity index (χ0n) is 16.1. The van der Waals surface area contributed by atoms with Crippen molar-refractivity contribution in [2.24, 2.45) is 0 Å². The van der Waals surface area contributed by atoms with Gasteiger partial charge in [-0.15, -0.1) is 0 Å². The minimum Gasteiger partial charge on any atom is -0.497 e. The van der Waals surface area contributed by atoms with E-state index >= 15 is 0 Å². The van der Waals surface area contributed by atoms with E-state index in [1.165, 1.54) is 11.0 Å². The molecule has 29 heavy (non-hydrogen) atoms. The maximum Gasteiger partial charge on any atom is 0.273 e. The number of rotatable bonds is 3. The number of halogens is 1. The molecule has 0 N–H and O–H groups in total. The Morgan fingerprint density at radius 3 is 2.59 bits per heavy atom. The molecule has 2 heterocycles. The first-order chi connectivity index (χ1) is 14.0. The molecule has 7 heteroatoms. The van der Waals surface area contributed by atoms with Crippen LogP contribution in [-0.2, 0) is 4.79 Å². The van der Waals surface area contributed by atoms with E-state index < -0.39 is 11.9 Å². The third-order valence-electron chi connectivity index (χ3n) is 5.19. The number of hydrogen-bond acceptors (Lipinski definition) is 4. The molecule has 4 rings (SSSR count). The standard InChI is InChI=1S/C22H20FN3O3/c1-14-21(27)26(16-7-9-17(29-2)10-8-16)13-12-25(14)22(28)19-11-6-15-4-3-5-18(23)20(15)24-19/h3-11,14H,12-13H2,1-2H3. The monoisotopic (exact) mass is 393 g/mol. The van der Waals surface area contributed by atoms with E-state index in [0.717, 1.165) is 5.69 Å². The van der Waals surface area contributed by atoms with E-state index in [1.54, 1.807) is 55.3 Å². The molecule has 2 amide bonds. The fourth-order valence-electron chi connectivity index (χ4n) is 3.54. The average Bonchev–Trinajstić information content (AvgIpc) is 2.75. The number of para-hydroxylation sites is 1. The summed E-state index contributed by atoms with van der Waals surface area (Å²) in [7, 11) is 1.58. The fourth-order valence-corrected chi connectivity index (χ4v) is 3.54. The van der Waals surface area contributed by atoms with Gasteiger partial charge < -0.3 is 14.5 Å². The highest BCUT2D eigenvalue weighted by molar-refractivity contribution is 6.03. The molecule has 0 saturated carbocycles. The number of aromatic nitrogens is 1. The average molecular weight is 393 g/mol. The number of nitrogens with zero attached hydrogens (tertiary/aromatic N) is 3. The number of anilines is 1. The third-order valence-corrected chi connectivity index (χ3v) is 5.19. The van der Waals surface area contributed by atoms with Crippen molar-refractivity contribution >= 4 is 28.4 Å². The number of carbonyl (C=O) groups excluding carboxylic acids is 2. The van der Waals surface area contributed by atoms with Crippen LogP contribution < -0.4 is 9.64 Å². The van der Waals surface area contributed by atoms with Crippen molar-refractivity contribution in [3.05, 3.63) is 66.1 Å². The number of hydrogen-bond donors (Lipinski definition) is 0. The molecule has 148 valence electrons. The summed E-state index contributed by atoms with van der Waals surface area (Å²) < 4.78 is 19.2. The number of piperazine rings is 1. The predicted molar refractivity (Wildman–Crippen MR) is 108 cm³/mol. The zero-order chi connectivity index (χ0) is 20.5. The van der Waals surface area contributed by atoms with E-state index in [-0.39, 0.29) is 23.0 Å². The quantitative estimate of drug-likeness (QED) is 0.685. The summed E-state index contributed by atoms with van der Waals surface area (Å²) in [6.45, 7) is 2.41. The fraction of sp³-hybridized carbons (Fsp3) is 0.227.